The van der Waals surface area contributed by atoms with Gasteiger partial charge in [-0.25, -0.2) is 0 Å². The van der Waals surface area contributed by atoms with E-state index >= 15 is 0 Å². The fourth-order valence-electron chi connectivity index (χ4n) is 1.38. The molecule has 0 amide bonds. The molecule has 1 aromatic rings. The molecule has 0 N–H and O–H groups in total. The highest BCUT2D eigenvalue weighted by atomic mass is 32.2. The molecule has 0 bridgehead atoms. The van der Waals surface area contributed by atoms with Gasteiger partial charge in [0.1, 0.15) is 0 Å². The molecule has 1 rings (SSSR count). The van der Waals surface area contributed by atoms with E-state index in [0.717, 1.165) is 23.5 Å². The van der Waals surface area contributed by atoms with Crippen molar-refractivity contribution in [2.24, 2.45) is 0 Å². The van der Waals surface area contributed by atoms with Crippen LogP contribution < -0.4 is 0 Å². The van der Waals surface area contributed by atoms with Gasteiger partial charge < -0.3 is 0 Å². The van der Waals surface area contributed by atoms with Gasteiger partial charge in [0, 0.05) is 11.0 Å². The van der Waals surface area contributed by atoms with Crippen LogP contribution in [0.3, 0.4) is 0 Å². The molecule has 0 aliphatic rings. The van der Waals surface area contributed by atoms with Gasteiger partial charge in [-0.2, -0.15) is 0 Å². The third kappa shape index (κ3) is 3.85. The van der Waals surface area contributed by atoms with Crippen molar-refractivity contribution < 1.29 is 9.72 Å². The van der Waals surface area contributed by atoms with Crippen LogP contribution in [0, 0.1) is 10.1 Å². The summed E-state index contributed by atoms with van der Waals surface area (Å²) < 4.78 is 0. The Morgan fingerprint density at radius 1 is 1.47 bits per heavy atom. The molecular formula is C12H15NO3S. The standard InChI is InChI=1S/C12H15NO3S/c1-3-4-7-17-10-5-6-12(13(15)16)11(8-10)9(2)14/h5-6,8H,3-4,7H2,1-2H3. The summed E-state index contributed by atoms with van der Waals surface area (Å²) in [5, 5.41) is 10.7. The lowest BCUT2D eigenvalue weighted by atomic mass is 10.1. The normalized spacial score (nSPS) is 10.2. The van der Waals surface area contributed by atoms with Crippen molar-refractivity contribution >= 4 is 23.2 Å². The maximum absolute atomic E-state index is 11.3. The van der Waals surface area contributed by atoms with Crippen LogP contribution in [0.25, 0.3) is 0 Å². The minimum atomic E-state index is -0.517. The number of ketones is 1. The van der Waals surface area contributed by atoms with Crippen molar-refractivity contribution in [1.82, 2.24) is 0 Å². The average molecular weight is 253 g/mol. The Labute approximate surface area is 105 Å². The maximum Gasteiger partial charge on any atom is 0.280 e. The molecule has 0 saturated carbocycles. The monoisotopic (exact) mass is 253 g/mol. The minimum absolute atomic E-state index is 0.114. The first-order chi connectivity index (χ1) is 8.06. The third-order valence-corrected chi connectivity index (χ3v) is 3.39. The van der Waals surface area contributed by atoms with Gasteiger partial charge in [0.05, 0.1) is 10.5 Å². The summed E-state index contributed by atoms with van der Waals surface area (Å²) in [5.41, 5.74) is 0.0776. The van der Waals surface area contributed by atoms with E-state index in [4.69, 9.17) is 0 Å². The first-order valence-corrected chi connectivity index (χ1v) is 6.47. The molecule has 1 aromatic carbocycles. The van der Waals surface area contributed by atoms with E-state index in [2.05, 4.69) is 6.92 Å². The van der Waals surface area contributed by atoms with E-state index in [9.17, 15) is 14.9 Å². The number of nitro groups is 1. The predicted octanol–water partition coefficient (Wildman–Crippen LogP) is 3.69. The number of rotatable bonds is 6. The number of nitrogens with zero attached hydrogens (tertiary/aromatic N) is 1. The number of nitro benzene ring substituents is 1. The van der Waals surface area contributed by atoms with Crippen LogP contribution in [0.5, 0.6) is 0 Å². The molecule has 0 fully saturated rings. The van der Waals surface area contributed by atoms with E-state index in [1.54, 1.807) is 23.9 Å². The van der Waals surface area contributed by atoms with Gasteiger partial charge in [-0.05, 0) is 31.2 Å². The Bertz CT molecular complexity index is 432. The first kappa shape index (κ1) is 13.7. The number of carbonyl (C=O) groups is 1. The second kappa shape index (κ2) is 6.39. The molecule has 0 aliphatic heterocycles. The number of Topliss-reactive ketones (excluding diaryl/α,β-unsaturated/α-hetero) is 1. The Hall–Kier alpha value is -1.36. The molecule has 17 heavy (non-hydrogen) atoms. The van der Waals surface area contributed by atoms with Crippen LogP contribution in [0.4, 0.5) is 5.69 Å². The SMILES string of the molecule is CCCCSc1ccc([N+](=O)[O-])c(C(C)=O)c1. The molecular weight excluding hydrogens is 238 g/mol. The summed E-state index contributed by atoms with van der Waals surface area (Å²) in [6, 6.07) is 4.72. The van der Waals surface area contributed by atoms with E-state index in [1.165, 1.54) is 13.0 Å². The quantitative estimate of drug-likeness (QED) is 0.255. The lowest BCUT2D eigenvalue weighted by Crippen LogP contribution is -2.00. The maximum atomic E-state index is 11.3. The van der Waals surface area contributed by atoms with Crippen LogP contribution in [0.15, 0.2) is 23.1 Å². The van der Waals surface area contributed by atoms with Crippen molar-refractivity contribution in [2.75, 3.05) is 5.75 Å². The number of benzene rings is 1. The topological polar surface area (TPSA) is 60.2 Å². The summed E-state index contributed by atoms with van der Waals surface area (Å²) >= 11 is 1.62. The zero-order chi connectivity index (χ0) is 12.8. The van der Waals surface area contributed by atoms with Gasteiger partial charge in [0.15, 0.2) is 5.78 Å². The molecule has 0 radical (unpaired) electrons. The summed E-state index contributed by atoms with van der Waals surface area (Å²) in [6.45, 7) is 3.46. The Morgan fingerprint density at radius 3 is 2.71 bits per heavy atom. The molecule has 0 aliphatic carbocycles. The minimum Gasteiger partial charge on any atom is -0.294 e. The summed E-state index contributed by atoms with van der Waals surface area (Å²) in [4.78, 5) is 22.5. The molecule has 0 heterocycles. The summed E-state index contributed by atoms with van der Waals surface area (Å²) in [5.74, 6) is 0.695. The molecule has 92 valence electrons. The van der Waals surface area contributed by atoms with Gasteiger partial charge in [-0.1, -0.05) is 13.3 Å². The van der Waals surface area contributed by atoms with Crippen LogP contribution in [0.2, 0.25) is 0 Å². The average Bonchev–Trinajstić information content (AvgIpc) is 2.29. The highest BCUT2D eigenvalue weighted by Crippen LogP contribution is 2.26. The fourth-order valence-corrected chi connectivity index (χ4v) is 2.41. The van der Waals surface area contributed by atoms with Crippen molar-refractivity contribution in [2.45, 2.75) is 31.6 Å². The lowest BCUT2D eigenvalue weighted by Gasteiger charge is -2.03. The zero-order valence-corrected chi connectivity index (χ0v) is 10.8. The molecule has 0 unspecified atom stereocenters. The van der Waals surface area contributed by atoms with Crippen LogP contribution >= 0.6 is 11.8 Å². The number of thioether (sulfide) groups is 1. The highest BCUT2D eigenvalue weighted by Gasteiger charge is 2.17. The van der Waals surface area contributed by atoms with Gasteiger partial charge in [-0.3, -0.25) is 14.9 Å². The largest absolute Gasteiger partial charge is 0.294 e. The lowest BCUT2D eigenvalue weighted by molar-refractivity contribution is -0.385. The molecule has 0 spiro atoms. The summed E-state index contributed by atoms with van der Waals surface area (Å²) in [6.07, 6.45) is 2.20. The van der Waals surface area contributed by atoms with Crippen molar-refractivity contribution in [3.05, 3.63) is 33.9 Å². The van der Waals surface area contributed by atoms with Crippen LogP contribution in [-0.2, 0) is 0 Å². The van der Waals surface area contributed by atoms with E-state index < -0.39 is 4.92 Å². The Balaban J connectivity index is 2.94. The van der Waals surface area contributed by atoms with Crippen molar-refractivity contribution in [3.63, 3.8) is 0 Å². The van der Waals surface area contributed by atoms with E-state index in [0.29, 0.717) is 0 Å². The third-order valence-electron chi connectivity index (χ3n) is 2.31. The molecule has 0 aromatic heterocycles. The smallest absolute Gasteiger partial charge is 0.280 e. The Morgan fingerprint density at radius 2 is 2.18 bits per heavy atom. The molecule has 4 nitrogen and oxygen atoms in total. The van der Waals surface area contributed by atoms with Gasteiger partial charge in [-0.15, -0.1) is 11.8 Å². The fraction of sp³-hybridized carbons (Fsp3) is 0.417. The van der Waals surface area contributed by atoms with Gasteiger partial charge in [0.25, 0.3) is 5.69 Å². The second-order valence-corrected chi connectivity index (χ2v) is 4.86. The highest BCUT2D eigenvalue weighted by molar-refractivity contribution is 7.99. The number of hydrogen-bond acceptors (Lipinski definition) is 4. The Kier molecular flexibility index (Phi) is 5.15. The number of hydrogen-bond donors (Lipinski definition) is 0. The van der Waals surface area contributed by atoms with Crippen molar-refractivity contribution in [1.29, 1.82) is 0 Å². The molecule has 0 atom stereocenters. The first-order valence-electron chi connectivity index (χ1n) is 5.48. The van der Waals surface area contributed by atoms with Crippen LogP contribution in [0.1, 0.15) is 37.0 Å². The molecule has 5 heteroatoms. The predicted molar refractivity (Wildman–Crippen MR) is 68.7 cm³/mol. The van der Waals surface area contributed by atoms with Gasteiger partial charge in [0.2, 0.25) is 0 Å². The van der Waals surface area contributed by atoms with E-state index in [1.807, 2.05) is 0 Å². The van der Waals surface area contributed by atoms with E-state index in [-0.39, 0.29) is 17.0 Å². The van der Waals surface area contributed by atoms with Crippen LogP contribution in [-0.4, -0.2) is 16.5 Å². The number of unbranched alkanes of at least 4 members (excludes halogenated alkanes) is 1. The molecule has 0 saturated heterocycles. The zero-order valence-electron chi connectivity index (χ0n) is 9.93. The van der Waals surface area contributed by atoms with Gasteiger partial charge >= 0.3 is 0 Å². The van der Waals surface area contributed by atoms with Crippen molar-refractivity contribution in [3.8, 4) is 0 Å². The number of carbonyl (C=O) groups excluding carboxylic acids is 1. The second-order valence-electron chi connectivity index (χ2n) is 3.69. The summed E-state index contributed by atoms with van der Waals surface area (Å²) in [7, 11) is 0.